The Kier molecular flexibility index (Phi) is 6.78. The number of nitrogens with one attached hydrogen (secondary N) is 2. The van der Waals surface area contributed by atoms with Crippen LogP contribution in [0.1, 0.15) is 51.5 Å². The van der Waals surface area contributed by atoms with Gasteiger partial charge in [0.1, 0.15) is 5.75 Å². The Bertz CT molecular complexity index is 576. The van der Waals surface area contributed by atoms with Crippen molar-refractivity contribution >= 4 is 18.0 Å². The Morgan fingerprint density at radius 1 is 1.12 bits per heavy atom. The number of hydrazone groups is 1. The van der Waals surface area contributed by atoms with Crippen LogP contribution in [0.4, 0.5) is 0 Å². The molecule has 0 bridgehead atoms. The maximum absolute atomic E-state index is 11.8. The van der Waals surface area contributed by atoms with E-state index in [1.165, 1.54) is 12.6 Å². The normalized spacial score (nSPS) is 15.5. The van der Waals surface area contributed by atoms with Crippen LogP contribution in [0.5, 0.6) is 5.75 Å². The Morgan fingerprint density at radius 3 is 2.42 bits per heavy atom. The summed E-state index contributed by atoms with van der Waals surface area (Å²) >= 11 is 0. The van der Waals surface area contributed by atoms with Crippen molar-refractivity contribution in [2.75, 3.05) is 0 Å². The topological polar surface area (TPSA) is 79.8 Å². The minimum atomic E-state index is -0.739. The highest BCUT2D eigenvalue weighted by molar-refractivity contribution is 6.35. The number of ether oxygens (including phenoxy) is 1. The van der Waals surface area contributed by atoms with E-state index >= 15 is 0 Å². The van der Waals surface area contributed by atoms with Crippen molar-refractivity contribution in [2.24, 2.45) is 5.10 Å². The number of amides is 2. The first kappa shape index (κ1) is 18.0. The molecule has 24 heavy (non-hydrogen) atoms. The van der Waals surface area contributed by atoms with E-state index in [4.69, 9.17) is 4.74 Å². The van der Waals surface area contributed by atoms with Crippen molar-refractivity contribution in [1.82, 2.24) is 10.7 Å². The zero-order valence-corrected chi connectivity index (χ0v) is 14.2. The van der Waals surface area contributed by atoms with E-state index in [1.54, 1.807) is 0 Å². The predicted molar refractivity (Wildman–Crippen MR) is 93.0 cm³/mol. The van der Waals surface area contributed by atoms with Gasteiger partial charge in [-0.25, -0.2) is 5.43 Å². The van der Waals surface area contributed by atoms with Crippen LogP contribution in [-0.4, -0.2) is 30.2 Å². The van der Waals surface area contributed by atoms with Gasteiger partial charge in [0.2, 0.25) is 0 Å². The van der Waals surface area contributed by atoms with Gasteiger partial charge in [0, 0.05) is 6.04 Å². The monoisotopic (exact) mass is 331 g/mol. The van der Waals surface area contributed by atoms with E-state index in [0.29, 0.717) is 0 Å². The Balaban J connectivity index is 1.77. The molecule has 1 saturated carbocycles. The maximum Gasteiger partial charge on any atom is 0.329 e. The molecular weight excluding hydrogens is 306 g/mol. The van der Waals surface area contributed by atoms with Crippen molar-refractivity contribution in [3.63, 3.8) is 0 Å². The highest BCUT2D eigenvalue weighted by Gasteiger charge is 2.19. The van der Waals surface area contributed by atoms with E-state index < -0.39 is 11.8 Å². The third kappa shape index (κ3) is 6.02. The summed E-state index contributed by atoms with van der Waals surface area (Å²) in [4.78, 5) is 23.5. The number of hydrogen-bond acceptors (Lipinski definition) is 4. The summed E-state index contributed by atoms with van der Waals surface area (Å²) in [6.45, 7) is 3.92. The number of carbonyl (C=O) groups excluding carboxylic acids is 2. The fraction of sp³-hybridized carbons (Fsp3) is 0.500. The lowest BCUT2D eigenvalue weighted by Gasteiger charge is -2.22. The molecule has 0 atom stereocenters. The molecule has 0 radical (unpaired) electrons. The summed E-state index contributed by atoms with van der Waals surface area (Å²) in [5.41, 5.74) is 3.06. The van der Waals surface area contributed by atoms with E-state index in [1.807, 2.05) is 38.1 Å². The van der Waals surface area contributed by atoms with Gasteiger partial charge in [0.05, 0.1) is 12.3 Å². The van der Waals surface area contributed by atoms with Gasteiger partial charge in [0.25, 0.3) is 0 Å². The van der Waals surface area contributed by atoms with Crippen LogP contribution in [0, 0.1) is 0 Å². The number of hydrogen-bond donors (Lipinski definition) is 2. The first-order valence-corrected chi connectivity index (χ1v) is 8.45. The van der Waals surface area contributed by atoms with Crippen molar-refractivity contribution in [3.05, 3.63) is 29.8 Å². The molecule has 0 unspecified atom stereocenters. The van der Waals surface area contributed by atoms with Gasteiger partial charge in [0.15, 0.2) is 0 Å². The summed E-state index contributed by atoms with van der Waals surface area (Å²) in [7, 11) is 0. The number of rotatable bonds is 5. The van der Waals surface area contributed by atoms with E-state index in [-0.39, 0.29) is 12.1 Å². The molecule has 6 nitrogen and oxygen atoms in total. The largest absolute Gasteiger partial charge is 0.491 e. The molecule has 2 amide bonds. The minimum absolute atomic E-state index is 0.106. The molecule has 6 heteroatoms. The summed E-state index contributed by atoms with van der Waals surface area (Å²) < 4.78 is 5.55. The molecule has 0 saturated heterocycles. The first-order chi connectivity index (χ1) is 11.5. The van der Waals surface area contributed by atoms with Gasteiger partial charge in [-0.1, -0.05) is 19.3 Å². The number of nitrogens with zero attached hydrogens (tertiary/aromatic N) is 1. The molecule has 0 aromatic heterocycles. The van der Waals surface area contributed by atoms with Crippen LogP contribution in [0.2, 0.25) is 0 Å². The molecule has 0 aliphatic heterocycles. The standard InChI is InChI=1S/C18H25N3O3/c1-13(2)24-16-10-8-14(9-11-16)12-19-21-18(23)17(22)20-15-6-4-3-5-7-15/h8-13,15H,3-7H2,1-2H3,(H,20,22)(H,21,23). The maximum atomic E-state index is 11.8. The summed E-state index contributed by atoms with van der Waals surface area (Å²) in [5, 5.41) is 6.57. The highest BCUT2D eigenvalue weighted by Crippen LogP contribution is 2.17. The second-order valence-electron chi connectivity index (χ2n) is 6.24. The Labute approximate surface area is 142 Å². The average Bonchev–Trinajstić information content (AvgIpc) is 2.56. The van der Waals surface area contributed by atoms with Gasteiger partial charge in [-0.15, -0.1) is 0 Å². The molecule has 1 aliphatic carbocycles. The molecule has 130 valence electrons. The molecule has 2 N–H and O–H groups in total. The molecular formula is C18H25N3O3. The van der Waals surface area contributed by atoms with E-state index in [9.17, 15) is 9.59 Å². The fourth-order valence-electron chi connectivity index (χ4n) is 2.62. The van der Waals surface area contributed by atoms with Crippen LogP contribution >= 0.6 is 0 Å². The minimum Gasteiger partial charge on any atom is -0.491 e. The Hall–Kier alpha value is -2.37. The zero-order valence-electron chi connectivity index (χ0n) is 14.2. The molecule has 1 aromatic rings. The lowest BCUT2D eigenvalue weighted by atomic mass is 9.95. The molecule has 0 spiro atoms. The summed E-state index contributed by atoms with van der Waals surface area (Å²) in [5.74, 6) is -0.589. The number of benzene rings is 1. The number of carbonyl (C=O) groups is 2. The lowest BCUT2D eigenvalue weighted by Crippen LogP contribution is -2.44. The van der Waals surface area contributed by atoms with E-state index in [2.05, 4.69) is 15.8 Å². The molecule has 0 heterocycles. The van der Waals surface area contributed by atoms with Crippen molar-refractivity contribution in [2.45, 2.75) is 58.1 Å². The van der Waals surface area contributed by atoms with Crippen LogP contribution in [-0.2, 0) is 9.59 Å². The van der Waals surface area contributed by atoms with Gasteiger partial charge in [-0.2, -0.15) is 5.10 Å². The fourth-order valence-corrected chi connectivity index (χ4v) is 2.62. The van der Waals surface area contributed by atoms with Crippen LogP contribution in [0.3, 0.4) is 0 Å². The zero-order chi connectivity index (χ0) is 17.4. The van der Waals surface area contributed by atoms with Gasteiger partial charge in [-0.3, -0.25) is 9.59 Å². The second kappa shape index (κ2) is 9.05. The van der Waals surface area contributed by atoms with Gasteiger partial charge in [-0.05, 0) is 56.5 Å². The van der Waals surface area contributed by atoms with Crippen molar-refractivity contribution in [3.8, 4) is 5.75 Å². The third-order valence-electron chi connectivity index (χ3n) is 3.78. The van der Waals surface area contributed by atoms with Crippen molar-refractivity contribution in [1.29, 1.82) is 0 Å². The van der Waals surface area contributed by atoms with Gasteiger partial charge >= 0.3 is 11.8 Å². The Morgan fingerprint density at radius 2 is 1.79 bits per heavy atom. The SMILES string of the molecule is CC(C)Oc1ccc(C=NNC(=O)C(=O)NC2CCCCC2)cc1. The smallest absolute Gasteiger partial charge is 0.329 e. The molecule has 1 aromatic carbocycles. The van der Waals surface area contributed by atoms with Crippen LogP contribution in [0.25, 0.3) is 0 Å². The summed E-state index contributed by atoms with van der Waals surface area (Å²) in [6.07, 6.45) is 6.88. The predicted octanol–water partition coefficient (Wildman–Crippen LogP) is 2.37. The highest BCUT2D eigenvalue weighted by atomic mass is 16.5. The third-order valence-corrected chi connectivity index (χ3v) is 3.78. The summed E-state index contributed by atoms with van der Waals surface area (Å²) in [6, 6.07) is 7.43. The average molecular weight is 331 g/mol. The second-order valence-corrected chi connectivity index (χ2v) is 6.24. The van der Waals surface area contributed by atoms with Crippen LogP contribution in [0.15, 0.2) is 29.4 Å². The first-order valence-electron chi connectivity index (χ1n) is 8.45. The quantitative estimate of drug-likeness (QED) is 0.494. The lowest BCUT2D eigenvalue weighted by molar-refractivity contribution is -0.139. The molecule has 1 aliphatic rings. The van der Waals surface area contributed by atoms with E-state index in [0.717, 1.165) is 37.0 Å². The molecule has 1 fully saturated rings. The van der Waals surface area contributed by atoms with Crippen LogP contribution < -0.4 is 15.5 Å². The van der Waals surface area contributed by atoms with Crippen molar-refractivity contribution < 1.29 is 14.3 Å². The molecule has 2 rings (SSSR count). The van der Waals surface area contributed by atoms with Gasteiger partial charge < -0.3 is 10.1 Å².